The van der Waals surface area contributed by atoms with Crippen LogP contribution in [0, 0.1) is 5.82 Å². The highest BCUT2D eigenvalue weighted by Crippen LogP contribution is 2.31. The lowest BCUT2D eigenvalue weighted by Crippen LogP contribution is -2.22. The minimum absolute atomic E-state index is 0.141. The summed E-state index contributed by atoms with van der Waals surface area (Å²) in [4.78, 5) is 1.24. The molecule has 1 unspecified atom stereocenters. The van der Waals surface area contributed by atoms with E-state index in [1.165, 1.54) is 17.0 Å². The first-order valence-electron chi connectivity index (χ1n) is 5.94. The molecule has 4 heteroatoms. The summed E-state index contributed by atoms with van der Waals surface area (Å²) in [5.74, 6) is -0.194. The van der Waals surface area contributed by atoms with Gasteiger partial charge in [0.25, 0.3) is 0 Å². The van der Waals surface area contributed by atoms with Gasteiger partial charge in [-0.3, -0.25) is 0 Å². The monoisotopic (exact) mass is 327 g/mol. The Hall–Kier alpha value is -0.710. The van der Waals surface area contributed by atoms with Crippen LogP contribution >= 0.6 is 27.3 Å². The highest BCUT2D eigenvalue weighted by molar-refractivity contribution is 9.11. The summed E-state index contributed by atoms with van der Waals surface area (Å²) in [6.07, 6.45) is 1.07. The van der Waals surface area contributed by atoms with E-state index in [1.54, 1.807) is 11.3 Å². The molecule has 2 aromatic rings. The van der Waals surface area contributed by atoms with E-state index in [2.05, 4.69) is 34.2 Å². The van der Waals surface area contributed by atoms with Gasteiger partial charge in [-0.05, 0) is 58.7 Å². The van der Waals surface area contributed by atoms with Gasteiger partial charge in [-0.25, -0.2) is 4.39 Å². The van der Waals surface area contributed by atoms with Crippen molar-refractivity contribution in [3.63, 3.8) is 0 Å². The van der Waals surface area contributed by atoms with E-state index >= 15 is 0 Å². The minimum Gasteiger partial charge on any atom is -0.306 e. The van der Waals surface area contributed by atoms with Gasteiger partial charge in [0.15, 0.2) is 0 Å². The highest BCUT2D eigenvalue weighted by Gasteiger charge is 2.15. The molecule has 0 radical (unpaired) electrons. The first-order valence-corrected chi connectivity index (χ1v) is 7.55. The molecule has 0 aliphatic carbocycles. The summed E-state index contributed by atoms with van der Waals surface area (Å²) in [7, 11) is 0. The fourth-order valence-corrected chi connectivity index (χ4v) is 3.34. The third kappa shape index (κ3) is 3.40. The molecular formula is C14H15BrFNS. The lowest BCUT2D eigenvalue weighted by Gasteiger charge is -2.17. The van der Waals surface area contributed by atoms with Crippen molar-refractivity contribution in [1.29, 1.82) is 0 Å². The first kappa shape index (κ1) is 13.7. The van der Waals surface area contributed by atoms with Gasteiger partial charge >= 0.3 is 0 Å². The molecule has 0 spiro atoms. The Morgan fingerprint density at radius 3 is 2.50 bits per heavy atom. The largest absolute Gasteiger partial charge is 0.306 e. The maximum Gasteiger partial charge on any atom is 0.123 e. The average molecular weight is 328 g/mol. The van der Waals surface area contributed by atoms with Crippen LogP contribution in [-0.2, 0) is 0 Å². The van der Waals surface area contributed by atoms with Gasteiger partial charge < -0.3 is 5.32 Å². The normalized spacial score (nSPS) is 12.6. The molecule has 1 aromatic carbocycles. The van der Waals surface area contributed by atoms with E-state index in [9.17, 15) is 4.39 Å². The van der Waals surface area contributed by atoms with Crippen LogP contribution in [-0.4, -0.2) is 6.54 Å². The molecule has 96 valence electrons. The van der Waals surface area contributed by atoms with Crippen molar-refractivity contribution in [2.45, 2.75) is 19.4 Å². The third-order valence-corrected chi connectivity index (χ3v) is 4.37. The van der Waals surface area contributed by atoms with E-state index in [0.717, 1.165) is 22.3 Å². The zero-order valence-electron chi connectivity index (χ0n) is 10.1. The van der Waals surface area contributed by atoms with Gasteiger partial charge in [0.2, 0.25) is 0 Å². The lowest BCUT2D eigenvalue weighted by molar-refractivity contribution is 0.599. The maximum atomic E-state index is 13.0. The summed E-state index contributed by atoms with van der Waals surface area (Å²) in [5.41, 5.74) is 1.10. The molecule has 1 nitrogen and oxygen atoms in total. The number of hydrogen-bond acceptors (Lipinski definition) is 2. The summed E-state index contributed by atoms with van der Waals surface area (Å²) < 4.78 is 14.1. The van der Waals surface area contributed by atoms with Crippen molar-refractivity contribution in [2.24, 2.45) is 0 Å². The maximum absolute atomic E-state index is 13.0. The second kappa shape index (κ2) is 6.45. The van der Waals surface area contributed by atoms with E-state index in [4.69, 9.17) is 0 Å². The molecule has 1 aromatic heterocycles. The second-order valence-corrected chi connectivity index (χ2v) is 6.58. The Balaban J connectivity index is 2.27. The predicted molar refractivity (Wildman–Crippen MR) is 78.6 cm³/mol. The molecule has 0 aliphatic heterocycles. The van der Waals surface area contributed by atoms with Crippen LogP contribution in [0.3, 0.4) is 0 Å². The number of hydrogen-bond donors (Lipinski definition) is 1. The van der Waals surface area contributed by atoms with Crippen LogP contribution in [0.5, 0.6) is 0 Å². The van der Waals surface area contributed by atoms with Gasteiger partial charge in [0.05, 0.1) is 9.83 Å². The van der Waals surface area contributed by atoms with Crippen LogP contribution in [0.1, 0.15) is 29.8 Å². The van der Waals surface area contributed by atoms with E-state index in [-0.39, 0.29) is 11.9 Å². The zero-order valence-corrected chi connectivity index (χ0v) is 12.5. The first-order chi connectivity index (χ1) is 8.70. The van der Waals surface area contributed by atoms with E-state index < -0.39 is 0 Å². The lowest BCUT2D eigenvalue weighted by atomic mass is 10.1. The van der Waals surface area contributed by atoms with E-state index in [1.807, 2.05) is 18.2 Å². The molecule has 0 bridgehead atoms. The molecular weight excluding hydrogens is 313 g/mol. The zero-order chi connectivity index (χ0) is 13.0. The third-order valence-electron chi connectivity index (χ3n) is 2.68. The Bertz CT molecular complexity index is 495. The summed E-state index contributed by atoms with van der Waals surface area (Å²) >= 11 is 5.19. The Morgan fingerprint density at radius 2 is 1.94 bits per heavy atom. The Kier molecular flexibility index (Phi) is 4.92. The molecule has 0 aliphatic rings. The predicted octanol–water partition coefficient (Wildman–Crippen LogP) is 4.74. The molecule has 0 saturated heterocycles. The van der Waals surface area contributed by atoms with Crippen LogP contribution in [0.2, 0.25) is 0 Å². The number of thiophene rings is 1. The molecule has 2 rings (SSSR count). The highest BCUT2D eigenvalue weighted by atomic mass is 79.9. The van der Waals surface area contributed by atoms with Gasteiger partial charge in [-0.2, -0.15) is 0 Å². The minimum atomic E-state index is -0.194. The summed E-state index contributed by atoms with van der Waals surface area (Å²) in [5, 5.41) is 3.50. The van der Waals surface area contributed by atoms with Gasteiger partial charge in [0.1, 0.15) is 5.82 Å². The topological polar surface area (TPSA) is 12.0 Å². The number of halogens is 2. The summed E-state index contributed by atoms with van der Waals surface area (Å²) in [6.45, 7) is 3.08. The van der Waals surface area contributed by atoms with Crippen LogP contribution in [0.25, 0.3) is 0 Å². The quantitative estimate of drug-likeness (QED) is 0.836. The van der Waals surface area contributed by atoms with Gasteiger partial charge in [0, 0.05) is 4.88 Å². The van der Waals surface area contributed by atoms with Crippen molar-refractivity contribution in [3.05, 3.63) is 56.4 Å². The summed E-state index contributed by atoms with van der Waals surface area (Å²) in [6, 6.07) is 11.0. The molecule has 1 heterocycles. The van der Waals surface area contributed by atoms with Crippen LogP contribution < -0.4 is 5.32 Å². The number of rotatable bonds is 5. The number of benzene rings is 1. The molecule has 1 atom stereocenters. The SMILES string of the molecule is CCCNC(c1ccc(F)cc1)c1ccc(Br)s1. The van der Waals surface area contributed by atoms with E-state index in [0.29, 0.717) is 0 Å². The second-order valence-electron chi connectivity index (χ2n) is 4.08. The average Bonchev–Trinajstić information content (AvgIpc) is 2.78. The van der Waals surface area contributed by atoms with Crippen molar-refractivity contribution >= 4 is 27.3 Å². The van der Waals surface area contributed by atoms with Gasteiger partial charge in [-0.1, -0.05) is 19.1 Å². The molecule has 18 heavy (non-hydrogen) atoms. The van der Waals surface area contributed by atoms with Crippen molar-refractivity contribution in [3.8, 4) is 0 Å². The smallest absolute Gasteiger partial charge is 0.123 e. The fourth-order valence-electron chi connectivity index (χ4n) is 1.81. The van der Waals surface area contributed by atoms with Crippen molar-refractivity contribution in [1.82, 2.24) is 5.32 Å². The van der Waals surface area contributed by atoms with Crippen LogP contribution in [0.4, 0.5) is 4.39 Å². The molecule has 0 amide bonds. The standard InChI is InChI=1S/C14H15BrFNS/c1-2-9-17-14(12-7-8-13(15)18-12)10-3-5-11(16)6-4-10/h3-8,14,17H,2,9H2,1H3. The Morgan fingerprint density at radius 1 is 1.22 bits per heavy atom. The number of nitrogens with one attached hydrogen (secondary N) is 1. The van der Waals surface area contributed by atoms with Crippen molar-refractivity contribution < 1.29 is 4.39 Å². The molecule has 1 N–H and O–H groups in total. The Labute approximate surface area is 119 Å². The van der Waals surface area contributed by atoms with Crippen LogP contribution in [0.15, 0.2) is 40.2 Å². The van der Waals surface area contributed by atoms with Crippen molar-refractivity contribution in [2.75, 3.05) is 6.54 Å². The fraction of sp³-hybridized carbons (Fsp3) is 0.286. The molecule has 0 saturated carbocycles. The molecule has 0 fully saturated rings. The van der Waals surface area contributed by atoms with Gasteiger partial charge in [-0.15, -0.1) is 11.3 Å².